The number of benzene rings is 1. The van der Waals surface area contributed by atoms with Gasteiger partial charge in [-0.25, -0.2) is 17.5 Å². The van der Waals surface area contributed by atoms with E-state index in [1.807, 2.05) is 0 Å². The fraction of sp³-hybridized carbons (Fsp3) is 0.333. The van der Waals surface area contributed by atoms with Crippen molar-refractivity contribution in [3.05, 3.63) is 35.9 Å². The summed E-state index contributed by atoms with van der Waals surface area (Å²) in [6.07, 6.45) is 1.28. The molecule has 1 rings (SSSR count). The molecule has 0 aliphatic rings. The van der Waals surface area contributed by atoms with Crippen molar-refractivity contribution < 1.29 is 22.7 Å². The van der Waals surface area contributed by atoms with Crippen LogP contribution in [0.1, 0.15) is 13.8 Å². The molecule has 0 unspecified atom stereocenters. The van der Waals surface area contributed by atoms with Gasteiger partial charge in [-0.1, -0.05) is 11.6 Å². The quantitative estimate of drug-likeness (QED) is 0.624. The van der Waals surface area contributed by atoms with Gasteiger partial charge in [-0.3, -0.25) is 4.79 Å². The number of anilines is 1. The summed E-state index contributed by atoms with van der Waals surface area (Å²) in [5.41, 5.74) is 1.06. The third kappa shape index (κ3) is 5.84. The average molecular weight is 340 g/mol. The molecular weight excluding hydrogens is 320 g/mol. The standard InChI is InChI=1S/C15H20N2O5S/c1-11(2)8-15(19)22-10-14(18)16-12-6-5-7-13(9-12)23(20,21)17(3)4/h5-9H,10H2,1-4H3,(H,16,18). The first-order valence-electron chi connectivity index (χ1n) is 6.77. The minimum absolute atomic E-state index is 0.0573. The smallest absolute Gasteiger partial charge is 0.331 e. The van der Waals surface area contributed by atoms with Crippen LogP contribution in [0.15, 0.2) is 40.8 Å². The molecule has 0 heterocycles. The molecule has 0 saturated carbocycles. The fourth-order valence-electron chi connectivity index (χ4n) is 1.56. The molecule has 0 aromatic heterocycles. The molecule has 0 fully saturated rings. The second-order valence-corrected chi connectivity index (χ2v) is 7.34. The van der Waals surface area contributed by atoms with Crippen LogP contribution in [-0.2, 0) is 24.3 Å². The molecule has 1 aromatic carbocycles. The highest BCUT2D eigenvalue weighted by Gasteiger charge is 2.17. The highest BCUT2D eigenvalue weighted by atomic mass is 32.2. The van der Waals surface area contributed by atoms with E-state index in [0.29, 0.717) is 5.69 Å². The zero-order chi connectivity index (χ0) is 17.6. The van der Waals surface area contributed by atoms with Crippen LogP contribution >= 0.6 is 0 Å². The Morgan fingerprint density at radius 3 is 2.48 bits per heavy atom. The van der Waals surface area contributed by atoms with E-state index >= 15 is 0 Å². The highest BCUT2D eigenvalue weighted by molar-refractivity contribution is 7.89. The van der Waals surface area contributed by atoms with Crippen LogP contribution in [0.4, 0.5) is 5.69 Å². The average Bonchev–Trinajstić information content (AvgIpc) is 2.44. The number of hydrogen-bond donors (Lipinski definition) is 1. The van der Waals surface area contributed by atoms with Gasteiger partial charge in [0, 0.05) is 25.9 Å². The SMILES string of the molecule is CC(C)=CC(=O)OCC(=O)Nc1cccc(S(=O)(=O)N(C)C)c1. The second kappa shape index (κ2) is 7.89. The summed E-state index contributed by atoms with van der Waals surface area (Å²) < 4.78 is 29.9. The first kappa shape index (κ1) is 18.9. The Labute approximate surface area is 136 Å². The van der Waals surface area contributed by atoms with Crippen molar-refractivity contribution in [2.45, 2.75) is 18.7 Å². The zero-order valence-electron chi connectivity index (χ0n) is 13.5. The van der Waals surface area contributed by atoms with Crippen molar-refractivity contribution in [3.63, 3.8) is 0 Å². The Balaban J connectivity index is 2.73. The van der Waals surface area contributed by atoms with Crippen molar-refractivity contribution in [3.8, 4) is 0 Å². The topological polar surface area (TPSA) is 92.8 Å². The molecule has 0 aliphatic carbocycles. The molecule has 8 heteroatoms. The van der Waals surface area contributed by atoms with E-state index in [1.165, 1.54) is 38.4 Å². The molecule has 126 valence electrons. The Hall–Kier alpha value is -2.19. The van der Waals surface area contributed by atoms with E-state index in [-0.39, 0.29) is 4.90 Å². The van der Waals surface area contributed by atoms with Crippen molar-refractivity contribution >= 4 is 27.6 Å². The lowest BCUT2D eigenvalue weighted by atomic mass is 10.3. The van der Waals surface area contributed by atoms with E-state index in [4.69, 9.17) is 4.74 Å². The number of nitrogens with one attached hydrogen (secondary N) is 1. The predicted octanol–water partition coefficient (Wildman–Crippen LogP) is 1.38. The molecule has 0 spiro atoms. The normalized spacial score (nSPS) is 11.0. The number of nitrogens with zero attached hydrogens (tertiary/aromatic N) is 1. The number of carbonyl (C=O) groups excluding carboxylic acids is 2. The van der Waals surface area contributed by atoms with Gasteiger partial charge in [0.15, 0.2) is 6.61 Å². The van der Waals surface area contributed by atoms with Gasteiger partial charge in [-0.15, -0.1) is 0 Å². The minimum Gasteiger partial charge on any atom is -0.452 e. The number of amides is 1. The summed E-state index contributed by atoms with van der Waals surface area (Å²) in [5, 5.41) is 2.48. The predicted molar refractivity (Wildman–Crippen MR) is 86.3 cm³/mol. The summed E-state index contributed by atoms with van der Waals surface area (Å²) in [5.74, 6) is -1.16. The molecular formula is C15H20N2O5S. The second-order valence-electron chi connectivity index (χ2n) is 5.19. The van der Waals surface area contributed by atoms with E-state index in [2.05, 4.69) is 5.32 Å². The van der Waals surface area contributed by atoms with Crippen LogP contribution < -0.4 is 5.32 Å². The maximum atomic E-state index is 12.0. The Kier molecular flexibility index (Phi) is 6.47. The van der Waals surface area contributed by atoms with Gasteiger partial charge in [-0.2, -0.15) is 0 Å². The molecule has 7 nitrogen and oxygen atoms in total. The van der Waals surface area contributed by atoms with Gasteiger partial charge in [-0.05, 0) is 32.0 Å². The largest absolute Gasteiger partial charge is 0.452 e. The van der Waals surface area contributed by atoms with Gasteiger partial charge >= 0.3 is 5.97 Å². The van der Waals surface area contributed by atoms with Crippen molar-refractivity contribution in [1.29, 1.82) is 0 Å². The van der Waals surface area contributed by atoms with E-state index < -0.39 is 28.5 Å². The van der Waals surface area contributed by atoms with Crippen LogP contribution in [0.5, 0.6) is 0 Å². The molecule has 0 atom stereocenters. The lowest BCUT2D eigenvalue weighted by molar-refractivity contribution is -0.142. The molecule has 1 N–H and O–H groups in total. The zero-order valence-corrected chi connectivity index (χ0v) is 14.3. The van der Waals surface area contributed by atoms with Crippen LogP contribution in [0.3, 0.4) is 0 Å². The van der Waals surface area contributed by atoms with Gasteiger partial charge in [0.25, 0.3) is 5.91 Å². The van der Waals surface area contributed by atoms with Gasteiger partial charge in [0.2, 0.25) is 10.0 Å². The van der Waals surface area contributed by atoms with Crippen molar-refractivity contribution in [2.75, 3.05) is 26.0 Å². The van der Waals surface area contributed by atoms with Crippen LogP contribution in [0.2, 0.25) is 0 Å². The molecule has 23 heavy (non-hydrogen) atoms. The first-order valence-corrected chi connectivity index (χ1v) is 8.21. The third-order valence-electron chi connectivity index (χ3n) is 2.65. The van der Waals surface area contributed by atoms with E-state index in [9.17, 15) is 18.0 Å². The Bertz CT molecular complexity index is 719. The van der Waals surface area contributed by atoms with Gasteiger partial charge in [0.05, 0.1) is 4.90 Å². The number of sulfonamides is 1. The first-order chi connectivity index (χ1) is 10.6. The Morgan fingerprint density at radius 1 is 1.26 bits per heavy atom. The lowest BCUT2D eigenvalue weighted by Gasteiger charge is -2.12. The van der Waals surface area contributed by atoms with Crippen molar-refractivity contribution in [2.24, 2.45) is 0 Å². The van der Waals surface area contributed by atoms with E-state index in [0.717, 1.165) is 9.88 Å². The maximum Gasteiger partial charge on any atom is 0.331 e. The molecule has 1 aromatic rings. The minimum atomic E-state index is -3.59. The monoisotopic (exact) mass is 340 g/mol. The maximum absolute atomic E-state index is 12.0. The van der Waals surface area contributed by atoms with Crippen LogP contribution in [-0.4, -0.2) is 45.3 Å². The number of allylic oxidation sites excluding steroid dienone is 1. The number of hydrogen-bond acceptors (Lipinski definition) is 5. The molecule has 1 amide bonds. The summed E-state index contributed by atoms with van der Waals surface area (Å²) in [6.45, 7) is 3.02. The summed E-state index contributed by atoms with van der Waals surface area (Å²) in [6, 6.07) is 5.83. The number of rotatable bonds is 6. The summed E-state index contributed by atoms with van der Waals surface area (Å²) in [7, 11) is -0.746. The van der Waals surface area contributed by atoms with E-state index in [1.54, 1.807) is 19.9 Å². The fourth-order valence-corrected chi connectivity index (χ4v) is 2.50. The van der Waals surface area contributed by atoms with Crippen LogP contribution in [0.25, 0.3) is 0 Å². The summed E-state index contributed by atoms with van der Waals surface area (Å²) >= 11 is 0. The van der Waals surface area contributed by atoms with Crippen molar-refractivity contribution in [1.82, 2.24) is 4.31 Å². The molecule has 0 radical (unpaired) electrons. The van der Waals surface area contributed by atoms with Crippen LogP contribution in [0, 0.1) is 0 Å². The summed E-state index contributed by atoms with van der Waals surface area (Å²) in [4.78, 5) is 23.1. The van der Waals surface area contributed by atoms with Gasteiger partial charge < -0.3 is 10.1 Å². The number of esters is 1. The number of ether oxygens (including phenoxy) is 1. The molecule has 0 aliphatic heterocycles. The van der Waals surface area contributed by atoms with Gasteiger partial charge in [0.1, 0.15) is 0 Å². The molecule has 0 bridgehead atoms. The Morgan fingerprint density at radius 2 is 1.91 bits per heavy atom. The third-order valence-corrected chi connectivity index (χ3v) is 4.46. The number of carbonyl (C=O) groups is 2. The molecule has 0 saturated heterocycles. The highest BCUT2D eigenvalue weighted by Crippen LogP contribution is 2.17. The lowest BCUT2D eigenvalue weighted by Crippen LogP contribution is -2.23.